The highest BCUT2D eigenvalue weighted by molar-refractivity contribution is 5.07. The fraction of sp³-hybridized carbons (Fsp3) is 0.875. The normalized spacial score (nSPS) is 13.0. The first-order valence-electron chi connectivity index (χ1n) is 7.09. The third-order valence-electron chi connectivity index (χ3n) is 1.91. The van der Waals surface area contributed by atoms with E-state index in [4.69, 9.17) is 19.6 Å². The first-order valence-corrected chi connectivity index (χ1v) is 7.09. The zero-order valence-corrected chi connectivity index (χ0v) is 14.3. The zero-order valence-electron chi connectivity index (χ0n) is 14.3. The molecule has 20 heavy (non-hydrogen) atoms. The average Bonchev–Trinajstić information content (AvgIpc) is 2.23. The Morgan fingerprint density at radius 3 is 1.45 bits per heavy atom. The summed E-state index contributed by atoms with van der Waals surface area (Å²) < 4.78 is 0. The Bertz CT molecular complexity index is 305. The summed E-state index contributed by atoms with van der Waals surface area (Å²) in [4.78, 5) is 21.1. The van der Waals surface area contributed by atoms with Gasteiger partial charge in [0.15, 0.2) is 0 Å². The van der Waals surface area contributed by atoms with Crippen molar-refractivity contribution in [3.05, 3.63) is 0 Å². The Morgan fingerprint density at radius 1 is 0.750 bits per heavy atom. The van der Waals surface area contributed by atoms with Crippen LogP contribution in [-0.4, -0.2) is 19.0 Å². The van der Waals surface area contributed by atoms with Gasteiger partial charge in [0.25, 0.3) is 5.79 Å². The Hall–Kier alpha value is -0.600. The van der Waals surface area contributed by atoms with Crippen LogP contribution in [0.3, 0.4) is 0 Å². The van der Waals surface area contributed by atoms with Gasteiger partial charge in [-0.1, -0.05) is 54.4 Å². The highest BCUT2D eigenvalue weighted by Gasteiger charge is 2.29. The van der Waals surface area contributed by atoms with E-state index in [1.54, 1.807) is 6.92 Å². The predicted molar refractivity (Wildman–Crippen MR) is 79.5 cm³/mol. The van der Waals surface area contributed by atoms with Gasteiger partial charge in [0, 0.05) is 13.3 Å². The Morgan fingerprint density at radius 2 is 1.15 bits per heavy atom. The largest absolute Gasteiger partial charge is 0.290 e. The SMILES string of the molecule is CCC#CC(C)(OOCC(C)(C)C)OOCC(C)(C)C. The molecule has 4 nitrogen and oxygen atoms in total. The minimum atomic E-state index is -1.22. The van der Waals surface area contributed by atoms with Crippen molar-refractivity contribution in [1.82, 2.24) is 0 Å². The second-order valence-corrected chi connectivity index (χ2v) is 7.41. The average molecular weight is 286 g/mol. The first-order chi connectivity index (χ1) is 8.97. The molecule has 0 saturated carbocycles. The fourth-order valence-electron chi connectivity index (χ4n) is 0.942. The number of rotatable bonds is 6. The summed E-state index contributed by atoms with van der Waals surface area (Å²) in [5.41, 5.74) is 0.0106. The summed E-state index contributed by atoms with van der Waals surface area (Å²) in [5, 5.41) is 0. The number of hydrogen-bond donors (Lipinski definition) is 0. The van der Waals surface area contributed by atoms with E-state index in [1.807, 2.05) is 6.92 Å². The van der Waals surface area contributed by atoms with Crippen LogP contribution >= 0.6 is 0 Å². The summed E-state index contributed by atoms with van der Waals surface area (Å²) in [6.07, 6.45) is 0.709. The maximum Gasteiger partial charge on any atom is 0.290 e. The van der Waals surface area contributed by atoms with E-state index in [2.05, 4.69) is 53.4 Å². The van der Waals surface area contributed by atoms with Crippen molar-refractivity contribution in [1.29, 1.82) is 0 Å². The monoisotopic (exact) mass is 286 g/mol. The predicted octanol–water partition coefficient (Wildman–Crippen LogP) is 4.10. The molecule has 0 aliphatic heterocycles. The lowest BCUT2D eigenvalue weighted by Crippen LogP contribution is -2.33. The van der Waals surface area contributed by atoms with Crippen LogP contribution in [0.1, 0.15) is 61.8 Å². The molecule has 0 aliphatic rings. The molecule has 0 aromatic rings. The van der Waals surface area contributed by atoms with E-state index in [9.17, 15) is 0 Å². The minimum absolute atomic E-state index is 0.00532. The third kappa shape index (κ3) is 11.2. The zero-order chi connectivity index (χ0) is 15.9. The highest BCUT2D eigenvalue weighted by Crippen LogP contribution is 2.20. The molecule has 0 radical (unpaired) electrons. The van der Waals surface area contributed by atoms with Gasteiger partial charge in [-0.15, -0.1) is 0 Å². The minimum Gasteiger partial charge on any atom is -0.232 e. The van der Waals surface area contributed by atoms with Gasteiger partial charge in [-0.2, -0.15) is 9.78 Å². The van der Waals surface area contributed by atoms with E-state index < -0.39 is 5.79 Å². The van der Waals surface area contributed by atoms with Crippen LogP contribution < -0.4 is 0 Å². The molecule has 0 aromatic heterocycles. The van der Waals surface area contributed by atoms with Gasteiger partial charge >= 0.3 is 0 Å². The molecule has 0 aromatic carbocycles. The van der Waals surface area contributed by atoms with Gasteiger partial charge in [0.05, 0.1) is 13.2 Å². The van der Waals surface area contributed by atoms with Crippen LogP contribution in [0.5, 0.6) is 0 Å². The van der Waals surface area contributed by atoms with E-state index in [0.717, 1.165) is 0 Å². The molecule has 0 fully saturated rings. The highest BCUT2D eigenvalue weighted by atomic mass is 17.3. The van der Waals surface area contributed by atoms with Crippen molar-refractivity contribution >= 4 is 0 Å². The molecular weight excluding hydrogens is 256 g/mol. The van der Waals surface area contributed by atoms with E-state index >= 15 is 0 Å². The van der Waals surface area contributed by atoms with E-state index in [-0.39, 0.29) is 10.8 Å². The number of hydrogen-bond acceptors (Lipinski definition) is 4. The van der Waals surface area contributed by atoms with Crippen molar-refractivity contribution in [3.63, 3.8) is 0 Å². The quantitative estimate of drug-likeness (QED) is 0.319. The Balaban J connectivity index is 4.43. The van der Waals surface area contributed by atoms with Crippen molar-refractivity contribution in [2.45, 2.75) is 67.6 Å². The topological polar surface area (TPSA) is 36.9 Å². The second kappa shape index (κ2) is 7.99. The molecule has 0 heterocycles. The van der Waals surface area contributed by atoms with Crippen LogP contribution in [0.15, 0.2) is 0 Å². The van der Waals surface area contributed by atoms with Crippen LogP contribution in [0.25, 0.3) is 0 Å². The second-order valence-electron chi connectivity index (χ2n) is 7.41. The van der Waals surface area contributed by atoms with Crippen molar-refractivity contribution in [3.8, 4) is 11.8 Å². The molecule has 0 saturated heterocycles. The van der Waals surface area contributed by atoms with E-state index in [1.165, 1.54) is 0 Å². The molecule has 0 aliphatic carbocycles. The fourth-order valence-corrected chi connectivity index (χ4v) is 0.942. The lowest BCUT2D eigenvalue weighted by Gasteiger charge is -2.26. The maximum atomic E-state index is 5.30. The maximum absolute atomic E-state index is 5.30. The van der Waals surface area contributed by atoms with Gasteiger partial charge in [0.2, 0.25) is 0 Å². The Labute approximate surface area is 124 Å². The van der Waals surface area contributed by atoms with Gasteiger partial charge in [-0.3, -0.25) is 0 Å². The van der Waals surface area contributed by atoms with Crippen LogP contribution in [-0.2, 0) is 19.6 Å². The summed E-state index contributed by atoms with van der Waals surface area (Å²) >= 11 is 0. The summed E-state index contributed by atoms with van der Waals surface area (Å²) in [5.74, 6) is 4.58. The summed E-state index contributed by atoms with van der Waals surface area (Å²) in [6, 6.07) is 0. The van der Waals surface area contributed by atoms with Crippen LogP contribution in [0.2, 0.25) is 0 Å². The molecule has 0 unspecified atom stereocenters. The smallest absolute Gasteiger partial charge is 0.232 e. The molecule has 0 bridgehead atoms. The van der Waals surface area contributed by atoms with Gasteiger partial charge in [-0.05, 0) is 16.8 Å². The molecular formula is C16H30O4. The lowest BCUT2D eigenvalue weighted by molar-refractivity contribution is -0.492. The summed E-state index contributed by atoms with van der Waals surface area (Å²) in [7, 11) is 0. The van der Waals surface area contributed by atoms with E-state index in [0.29, 0.717) is 19.6 Å². The third-order valence-corrected chi connectivity index (χ3v) is 1.91. The lowest BCUT2D eigenvalue weighted by atomic mass is 9.99. The van der Waals surface area contributed by atoms with Gasteiger partial charge in [0.1, 0.15) is 0 Å². The molecule has 0 N–H and O–H groups in total. The molecule has 118 valence electrons. The van der Waals surface area contributed by atoms with Crippen LogP contribution in [0.4, 0.5) is 0 Å². The molecule has 0 atom stereocenters. The Kier molecular flexibility index (Phi) is 7.75. The van der Waals surface area contributed by atoms with Gasteiger partial charge < -0.3 is 0 Å². The standard InChI is InChI=1S/C16H30O4/c1-9-10-11-16(8,19-17-12-14(2,3)4)20-18-13-15(5,6)7/h9,12-13H2,1-8H3. The molecule has 0 rings (SSSR count). The molecule has 4 heteroatoms. The molecule has 0 spiro atoms. The van der Waals surface area contributed by atoms with Crippen LogP contribution in [0, 0.1) is 22.7 Å². The van der Waals surface area contributed by atoms with Crippen molar-refractivity contribution in [2.24, 2.45) is 10.8 Å². The summed E-state index contributed by atoms with van der Waals surface area (Å²) in [6.45, 7) is 16.9. The van der Waals surface area contributed by atoms with Crippen molar-refractivity contribution < 1.29 is 19.6 Å². The first kappa shape index (κ1) is 19.4. The molecule has 0 amide bonds. The van der Waals surface area contributed by atoms with Gasteiger partial charge in [-0.25, -0.2) is 9.78 Å². The van der Waals surface area contributed by atoms with Crippen molar-refractivity contribution in [2.75, 3.05) is 13.2 Å².